The van der Waals surface area contributed by atoms with E-state index in [4.69, 9.17) is 0 Å². The van der Waals surface area contributed by atoms with Gasteiger partial charge >= 0.3 is 0 Å². The number of benzene rings is 2. The van der Waals surface area contributed by atoms with Gasteiger partial charge in [-0.25, -0.2) is 8.42 Å². The molecular weight excluding hydrogens is 294 g/mol. The van der Waals surface area contributed by atoms with E-state index in [0.29, 0.717) is 15.7 Å². The number of fused-ring (bicyclic) bond motifs is 1. The van der Waals surface area contributed by atoms with Crippen LogP contribution in [0.25, 0.3) is 0 Å². The topological polar surface area (TPSA) is 46.2 Å². The SMILES string of the molecule is CNC[C@H]1CCCc2cc(S(=O)(=O)c3ccccc3)ccc21. The van der Waals surface area contributed by atoms with Crippen LogP contribution in [0.2, 0.25) is 0 Å². The molecule has 0 heterocycles. The summed E-state index contributed by atoms with van der Waals surface area (Å²) >= 11 is 0. The summed E-state index contributed by atoms with van der Waals surface area (Å²) < 4.78 is 25.4. The molecule has 0 saturated carbocycles. The molecule has 116 valence electrons. The largest absolute Gasteiger partial charge is 0.319 e. The summed E-state index contributed by atoms with van der Waals surface area (Å²) in [4.78, 5) is 0.764. The Hall–Kier alpha value is -1.65. The van der Waals surface area contributed by atoms with Crippen LogP contribution in [0.4, 0.5) is 0 Å². The van der Waals surface area contributed by atoms with Gasteiger partial charge in [0.1, 0.15) is 0 Å². The van der Waals surface area contributed by atoms with Crippen LogP contribution in [-0.2, 0) is 16.3 Å². The minimum Gasteiger partial charge on any atom is -0.319 e. The molecule has 2 aromatic carbocycles. The molecule has 1 aliphatic rings. The number of aryl methyl sites for hydroxylation is 1. The van der Waals surface area contributed by atoms with Gasteiger partial charge in [-0.05, 0) is 67.6 Å². The zero-order chi connectivity index (χ0) is 15.6. The Morgan fingerprint density at radius 2 is 1.86 bits per heavy atom. The molecule has 1 aliphatic carbocycles. The molecule has 22 heavy (non-hydrogen) atoms. The summed E-state index contributed by atoms with van der Waals surface area (Å²) in [6.45, 7) is 0.942. The fourth-order valence-corrected chi connectivity index (χ4v) is 4.58. The Labute approximate surface area is 132 Å². The molecule has 0 fully saturated rings. The summed E-state index contributed by atoms with van der Waals surface area (Å²) in [6, 6.07) is 14.3. The highest BCUT2D eigenvalue weighted by Crippen LogP contribution is 2.33. The zero-order valence-corrected chi connectivity index (χ0v) is 13.6. The predicted molar refractivity (Wildman–Crippen MR) is 87.9 cm³/mol. The first-order chi connectivity index (χ1) is 10.6. The van der Waals surface area contributed by atoms with Crippen molar-refractivity contribution in [2.24, 2.45) is 0 Å². The van der Waals surface area contributed by atoms with Crippen LogP contribution in [-0.4, -0.2) is 22.0 Å². The smallest absolute Gasteiger partial charge is 0.206 e. The highest BCUT2D eigenvalue weighted by Gasteiger charge is 2.23. The first-order valence-electron chi connectivity index (χ1n) is 7.70. The lowest BCUT2D eigenvalue weighted by Crippen LogP contribution is -2.21. The van der Waals surface area contributed by atoms with E-state index in [-0.39, 0.29) is 0 Å². The van der Waals surface area contributed by atoms with Crippen LogP contribution in [0.3, 0.4) is 0 Å². The van der Waals surface area contributed by atoms with Crippen molar-refractivity contribution < 1.29 is 8.42 Å². The number of hydrogen-bond acceptors (Lipinski definition) is 3. The van der Waals surface area contributed by atoms with E-state index < -0.39 is 9.84 Å². The third-order valence-corrected chi connectivity index (χ3v) is 6.13. The number of nitrogens with one attached hydrogen (secondary N) is 1. The van der Waals surface area contributed by atoms with Crippen molar-refractivity contribution in [3.63, 3.8) is 0 Å². The Bertz CT molecular complexity index is 754. The highest BCUT2D eigenvalue weighted by molar-refractivity contribution is 7.91. The summed E-state index contributed by atoms with van der Waals surface area (Å²) in [5, 5.41) is 3.23. The summed E-state index contributed by atoms with van der Waals surface area (Å²) in [5.74, 6) is 0.488. The van der Waals surface area contributed by atoms with Crippen molar-refractivity contribution in [2.75, 3.05) is 13.6 Å². The molecule has 0 amide bonds. The van der Waals surface area contributed by atoms with Crippen molar-refractivity contribution >= 4 is 9.84 Å². The minimum absolute atomic E-state index is 0.359. The fourth-order valence-electron chi connectivity index (χ4n) is 3.25. The maximum Gasteiger partial charge on any atom is 0.206 e. The number of likely N-dealkylation sites (N-methyl/N-ethyl adjacent to an activating group) is 1. The van der Waals surface area contributed by atoms with Gasteiger partial charge in [-0.2, -0.15) is 0 Å². The molecule has 0 spiro atoms. The monoisotopic (exact) mass is 315 g/mol. The maximum absolute atomic E-state index is 12.7. The lowest BCUT2D eigenvalue weighted by atomic mass is 9.83. The predicted octanol–water partition coefficient (Wildman–Crippen LogP) is 3.16. The first-order valence-corrected chi connectivity index (χ1v) is 9.19. The van der Waals surface area contributed by atoms with Crippen molar-refractivity contribution in [1.29, 1.82) is 0 Å². The molecule has 0 aliphatic heterocycles. The van der Waals surface area contributed by atoms with Gasteiger partial charge in [0.05, 0.1) is 9.79 Å². The molecule has 0 saturated heterocycles. The lowest BCUT2D eigenvalue weighted by molar-refractivity contribution is 0.527. The summed E-state index contributed by atoms with van der Waals surface area (Å²) in [7, 11) is -1.46. The molecule has 3 nitrogen and oxygen atoms in total. The number of hydrogen-bond donors (Lipinski definition) is 1. The molecule has 0 radical (unpaired) electrons. The molecule has 2 aromatic rings. The molecule has 0 bridgehead atoms. The van der Waals surface area contributed by atoms with Gasteiger partial charge in [0.15, 0.2) is 0 Å². The second-order valence-corrected chi connectivity index (χ2v) is 7.77. The lowest BCUT2D eigenvalue weighted by Gasteiger charge is -2.25. The molecule has 1 N–H and O–H groups in total. The van der Waals surface area contributed by atoms with Gasteiger partial charge in [0.2, 0.25) is 9.84 Å². The van der Waals surface area contributed by atoms with Crippen LogP contribution in [0.5, 0.6) is 0 Å². The minimum atomic E-state index is -3.42. The average molecular weight is 315 g/mol. The Balaban J connectivity index is 2.01. The molecular formula is C18H21NO2S. The maximum atomic E-state index is 12.7. The Kier molecular flexibility index (Phi) is 4.32. The quantitative estimate of drug-likeness (QED) is 0.942. The van der Waals surface area contributed by atoms with Crippen LogP contribution >= 0.6 is 0 Å². The van der Waals surface area contributed by atoms with E-state index in [1.54, 1.807) is 30.3 Å². The van der Waals surface area contributed by atoms with E-state index in [1.165, 1.54) is 17.5 Å². The third-order valence-electron chi connectivity index (χ3n) is 4.37. The molecule has 0 aromatic heterocycles. The zero-order valence-electron chi connectivity index (χ0n) is 12.7. The number of rotatable bonds is 4. The second kappa shape index (κ2) is 6.23. The van der Waals surface area contributed by atoms with Gasteiger partial charge in [-0.1, -0.05) is 24.3 Å². The van der Waals surface area contributed by atoms with Crippen molar-refractivity contribution in [3.8, 4) is 0 Å². The van der Waals surface area contributed by atoms with E-state index in [0.717, 1.165) is 19.4 Å². The van der Waals surface area contributed by atoms with Gasteiger partial charge in [0, 0.05) is 6.54 Å². The van der Waals surface area contributed by atoms with Crippen LogP contribution in [0.1, 0.15) is 29.9 Å². The Morgan fingerprint density at radius 1 is 1.09 bits per heavy atom. The molecule has 0 unspecified atom stereocenters. The second-order valence-electron chi connectivity index (χ2n) is 5.82. The van der Waals surface area contributed by atoms with Crippen molar-refractivity contribution in [2.45, 2.75) is 35.0 Å². The number of sulfone groups is 1. The third kappa shape index (κ3) is 2.81. The van der Waals surface area contributed by atoms with E-state index >= 15 is 0 Å². The summed E-state index contributed by atoms with van der Waals surface area (Å²) in [6.07, 6.45) is 3.25. The van der Waals surface area contributed by atoms with Gasteiger partial charge < -0.3 is 5.32 Å². The normalized spacial score (nSPS) is 18.0. The van der Waals surface area contributed by atoms with E-state index in [2.05, 4.69) is 5.32 Å². The average Bonchev–Trinajstić information content (AvgIpc) is 2.56. The molecule has 1 atom stereocenters. The van der Waals surface area contributed by atoms with Gasteiger partial charge in [-0.15, -0.1) is 0 Å². The molecule has 4 heteroatoms. The van der Waals surface area contributed by atoms with E-state index in [9.17, 15) is 8.42 Å². The van der Waals surface area contributed by atoms with E-state index in [1.807, 2.05) is 25.2 Å². The van der Waals surface area contributed by atoms with Gasteiger partial charge in [-0.3, -0.25) is 0 Å². The van der Waals surface area contributed by atoms with Crippen LogP contribution in [0.15, 0.2) is 58.3 Å². The first kappa shape index (κ1) is 15.3. The van der Waals surface area contributed by atoms with Crippen LogP contribution in [0, 0.1) is 0 Å². The standard InChI is InChI=1S/C18H21NO2S/c1-19-13-15-7-5-6-14-12-17(10-11-18(14)15)22(20,21)16-8-3-2-4-9-16/h2-4,8-12,15,19H,5-7,13H2,1H3/t15-/m1/s1. The fraction of sp³-hybridized carbons (Fsp3) is 0.333. The van der Waals surface area contributed by atoms with Crippen LogP contribution < -0.4 is 5.32 Å². The van der Waals surface area contributed by atoms with Crippen molar-refractivity contribution in [3.05, 3.63) is 59.7 Å². The molecule has 3 rings (SSSR count). The van der Waals surface area contributed by atoms with Gasteiger partial charge in [0.25, 0.3) is 0 Å². The highest BCUT2D eigenvalue weighted by atomic mass is 32.2. The Morgan fingerprint density at radius 3 is 2.59 bits per heavy atom. The summed E-state index contributed by atoms with van der Waals surface area (Å²) in [5.41, 5.74) is 2.48. The van der Waals surface area contributed by atoms with Crippen molar-refractivity contribution in [1.82, 2.24) is 5.32 Å².